The average molecular weight is 438 g/mol. The van der Waals surface area contributed by atoms with E-state index in [9.17, 15) is 19.2 Å². The molecule has 1 fully saturated rings. The van der Waals surface area contributed by atoms with Crippen LogP contribution in [0.5, 0.6) is 0 Å². The normalized spacial score (nSPS) is 19.2. The second kappa shape index (κ2) is 9.06. The summed E-state index contributed by atoms with van der Waals surface area (Å²) in [7, 11) is 5.42. The van der Waals surface area contributed by atoms with Gasteiger partial charge in [-0.25, -0.2) is 0 Å². The highest BCUT2D eigenvalue weighted by Gasteiger charge is 2.45. The summed E-state index contributed by atoms with van der Waals surface area (Å²) in [6.07, 6.45) is 2.10. The van der Waals surface area contributed by atoms with E-state index < -0.39 is 29.7 Å². The monoisotopic (exact) mass is 438 g/mol. The molecule has 0 bridgehead atoms. The van der Waals surface area contributed by atoms with Crippen molar-refractivity contribution in [1.82, 2.24) is 15.4 Å². The zero-order valence-corrected chi connectivity index (χ0v) is 19.2. The number of rotatable bonds is 9. The van der Waals surface area contributed by atoms with Gasteiger partial charge in [0.2, 0.25) is 11.8 Å². The molecule has 32 heavy (non-hydrogen) atoms. The zero-order valence-electron chi connectivity index (χ0n) is 19.2. The number of piperidine rings is 1. The third kappa shape index (κ3) is 5.04. The number of benzene rings is 1. The van der Waals surface area contributed by atoms with Crippen LogP contribution in [-0.4, -0.2) is 55.6 Å². The Kier molecular flexibility index (Phi) is 6.79. The second-order valence-electron chi connectivity index (χ2n) is 10.2. The predicted molar refractivity (Wildman–Crippen MR) is 122 cm³/mol. The maximum atomic E-state index is 13.2. The molecule has 170 valence electrons. The fourth-order valence-electron chi connectivity index (χ4n) is 4.85. The van der Waals surface area contributed by atoms with Crippen molar-refractivity contribution in [2.45, 2.75) is 59.4 Å². The van der Waals surface area contributed by atoms with Gasteiger partial charge < -0.3 is 10.5 Å². The summed E-state index contributed by atoms with van der Waals surface area (Å²) in [5, 5.41) is 8.28. The van der Waals surface area contributed by atoms with Gasteiger partial charge in [-0.15, -0.1) is 0 Å². The van der Waals surface area contributed by atoms with Gasteiger partial charge in [-0.3, -0.25) is 29.4 Å². The largest absolute Gasteiger partial charge is 0.384 e. The average Bonchev–Trinajstić information content (AvgIpc) is 2.95. The lowest BCUT2D eigenvalue weighted by molar-refractivity contribution is -0.136. The lowest BCUT2D eigenvalue weighted by atomic mass is 9.73. The molecule has 2 aliphatic rings. The van der Waals surface area contributed by atoms with Gasteiger partial charge in [-0.05, 0) is 48.8 Å². The van der Waals surface area contributed by atoms with E-state index >= 15 is 0 Å². The summed E-state index contributed by atoms with van der Waals surface area (Å²) >= 11 is 0. The van der Waals surface area contributed by atoms with E-state index in [0.717, 1.165) is 24.3 Å². The molecule has 9 heteroatoms. The lowest BCUT2D eigenvalue weighted by Gasteiger charge is -2.35. The van der Waals surface area contributed by atoms with Crippen molar-refractivity contribution in [3.63, 3.8) is 0 Å². The van der Waals surface area contributed by atoms with Crippen molar-refractivity contribution >= 4 is 37.3 Å². The van der Waals surface area contributed by atoms with Gasteiger partial charge in [0.1, 0.15) is 6.04 Å². The molecule has 3 rings (SSSR count). The first kappa shape index (κ1) is 24.0. The number of anilines is 1. The summed E-state index contributed by atoms with van der Waals surface area (Å²) in [4.78, 5) is 50.9. The third-order valence-corrected chi connectivity index (χ3v) is 6.13. The predicted octanol–water partition coefficient (Wildman–Crippen LogP) is 2.01. The number of imide groups is 2. The molecule has 0 spiro atoms. The molecular weight excluding hydrogens is 407 g/mol. The number of carbonyl (C=O) groups excluding carboxylic acids is 4. The van der Waals surface area contributed by atoms with Crippen LogP contribution in [0.2, 0.25) is 0 Å². The Morgan fingerprint density at radius 3 is 2.47 bits per heavy atom. The topological polar surface area (TPSA) is 108 Å². The van der Waals surface area contributed by atoms with Crippen molar-refractivity contribution in [2.75, 3.05) is 18.4 Å². The van der Waals surface area contributed by atoms with Gasteiger partial charge in [0.15, 0.2) is 7.98 Å². The standard InChI is InChI=1S/C23H31BN4O4/c1-22(2,10-11-26-24)12-23(3,4)13-25-15-7-5-6-14-18(15)21(32)28(20(14)31)16-8-9-17(29)27-19(16)30/h5-7,16,25-26H,8-13H2,1-4H3,(H,27,29,30). The summed E-state index contributed by atoms with van der Waals surface area (Å²) in [6, 6.07) is 4.13. The lowest BCUT2D eigenvalue weighted by Crippen LogP contribution is -2.54. The number of hydrogen-bond donors (Lipinski definition) is 3. The van der Waals surface area contributed by atoms with Gasteiger partial charge in [0.05, 0.1) is 11.1 Å². The molecule has 1 aromatic carbocycles. The maximum Gasteiger partial charge on any atom is 0.264 e. The van der Waals surface area contributed by atoms with Crippen molar-refractivity contribution in [2.24, 2.45) is 10.8 Å². The summed E-state index contributed by atoms with van der Waals surface area (Å²) in [5.74, 6) is -2.01. The smallest absolute Gasteiger partial charge is 0.264 e. The van der Waals surface area contributed by atoms with E-state index in [1.807, 2.05) is 0 Å². The van der Waals surface area contributed by atoms with Gasteiger partial charge in [-0.2, -0.15) is 0 Å². The molecule has 0 saturated carbocycles. The van der Waals surface area contributed by atoms with E-state index in [0.29, 0.717) is 12.2 Å². The Morgan fingerprint density at radius 2 is 1.81 bits per heavy atom. The van der Waals surface area contributed by atoms with E-state index in [-0.39, 0.29) is 34.8 Å². The zero-order chi connectivity index (χ0) is 23.7. The minimum atomic E-state index is -0.971. The van der Waals surface area contributed by atoms with E-state index in [4.69, 9.17) is 7.98 Å². The minimum Gasteiger partial charge on any atom is -0.384 e. The van der Waals surface area contributed by atoms with Crippen LogP contribution in [0.25, 0.3) is 0 Å². The highest BCUT2D eigenvalue weighted by atomic mass is 16.2. The first-order valence-electron chi connectivity index (χ1n) is 11.0. The van der Waals surface area contributed by atoms with Crippen LogP contribution in [0.1, 0.15) is 74.1 Å². The first-order valence-corrected chi connectivity index (χ1v) is 11.0. The summed E-state index contributed by atoms with van der Waals surface area (Å²) in [6.45, 7) is 10.0. The molecule has 1 aromatic rings. The summed E-state index contributed by atoms with van der Waals surface area (Å²) < 4.78 is 0. The molecule has 2 aliphatic heterocycles. The Balaban J connectivity index is 1.76. The third-order valence-electron chi connectivity index (χ3n) is 6.13. The number of carbonyl (C=O) groups is 4. The molecule has 4 amide bonds. The Bertz CT molecular complexity index is 944. The molecule has 8 nitrogen and oxygen atoms in total. The van der Waals surface area contributed by atoms with E-state index in [2.05, 4.69) is 43.6 Å². The highest BCUT2D eigenvalue weighted by molar-refractivity contribution is 6.25. The molecule has 2 radical (unpaired) electrons. The molecule has 1 unspecified atom stereocenters. The van der Waals surface area contributed by atoms with Crippen molar-refractivity contribution in [3.05, 3.63) is 29.3 Å². The molecule has 0 aliphatic carbocycles. The maximum absolute atomic E-state index is 13.2. The van der Waals surface area contributed by atoms with Crippen molar-refractivity contribution < 1.29 is 19.2 Å². The van der Waals surface area contributed by atoms with Crippen molar-refractivity contribution in [1.29, 1.82) is 0 Å². The van der Waals surface area contributed by atoms with Crippen LogP contribution in [-0.2, 0) is 9.59 Å². The number of fused-ring (bicyclic) bond motifs is 1. The van der Waals surface area contributed by atoms with Crippen LogP contribution in [0.15, 0.2) is 18.2 Å². The van der Waals surface area contributed by atoms with Gasteiger partial charge in [-0.1, -0.05) is 33.8 Å². The number of hydrogen-bond acceptors (Lipinski definition) is 6. The molecule has 3 N–H and O–H groups in total. The number of nitrogens with zero attached hydrogens (tertiary/aromatic N) is 1. The van der Waals surface area contributed by atoms with Crippen molar-refractivity contribution in [3.8, 4) is 0 Å². The van der Waals surface area contributed by atoms with E-state index in [1.165, 1.54) is 0 Å². The fourth-order valence-corrected chi connectivity index (χ4v) is 4.85. The minimum absolute atomic E-state index is 0.0740. The van der Waals surface area contributed by atoms with Crippen LogP contribution in [0.3, 0.4) is 0 Å². The van der Waals surface area contributed by atoms with Crippen LogP contribution >= 0.6 is 0 Å². The highest BCUT2D eigenvalue weighted by Crippen LogP contribution is 2.37. The Morgan fingerprint density at radius 1 is 1.09 bits per heavy atom. The second-order valence-corrected chi connectivity index (χ2v) is 10.2. The summed E-state index contributed by atoms with van der Waals surface area (Å²) in [5.41, 5.74) is 1.12. The van der Waals surface area contributed by atoms with Crippen LogP contribution in [0, 0.1) is 10.8 Å². The molecule has 2 heterocycles. The van der Waals surface area contributed by atoms with Crippen LogP contribution in [0.4, 0.5) is 5.69 Å². The van der Waals surface area contributed by atoms with Gasteiger partial charge >= 0.3 is 0 Å². The van der Waals surface area contributed by atoms with Gasteiger partial charge in [0.25, 0.3) is 11.8 Å². The quantitative estimate of drug-likeness (QED) is 0.402. The first-order chi connectivity index (χ1) is 15.0. The molecule has 1 saturated heterocycles. The molecular formula is C23H31BN4O4. The van der Waals surface area contributed by atoms with E-state index in [1.54, 1.807) is 18.2 Å². The number of nitrogens with one attached hydrogen (secondary N) is 3. The van der Waals surface area contributed by atoms with Crippen LogP contribution < -0.4 is 15.9 Å². The Hall–Kier alpha value is -2.68. The molecule has 0 aromatic heterocycles. The molecule has 1 atom stereocenters. The number of amides is 4. The Labute approximate surface area is 190 Å². The fraction of sp³-hybridized carbons (Fsp3) is 0.565. The van der Waals surface area contributed by atoms with Gasteiger partial charge in [0, 0.05) is 18.7 Å². The SMILES string of the molecule is [B]NCCC(C)(C)CC(C)(C)CNc1cccc2c1C(=O)N(C1CCC(=O)NC1=O)C2=O.